The van der Waals surface area contributed by atoms with Gasteiger partial charge in [0.1, 0.15) is 5.75 Å². The Hall–Kier alpha value is -1.52. The molecule has 110 valence electrons. The summed E-state index contributed by atoms with van der Waals surface area (Å²) in [5.74, 6) is 0.450. The van der Waals surface area contributed by atoms with Gasteiger partial charge in [0.15, 0.2) is 6.61 Å². The molecule has 2 aromatic rings. The van der Waals surface area contributed by atoms with Gasteiger partial charge in [0, 0.05) is 9.50 Å². The Bertz CT molecular complexity index is 599. The van der Waals surface area contributed by atoms with E-state index in [1.54, 1.807) is 24.3 Å². The van der Waals surface area contributed by atoms with Gasteiger partial charge in [-0.2, -0.15) is 0 Å². The number of carbonyl (C=O) groups is 1. The number of carbonyl (C=O) groups excluding carboxylic acids is 1. The van der Waals surface area contributed by atoms with Crippen molar-refractivity contribution in [3.63, 3.8) is 0 Å². The van der Waals surface area contributed by atoms with E-state index in [1.807, 2.05) is 31.2 Å². The van der Waals surface area contributed by atoms with Crippen LogP contribution in [0.15, 0.2) is 53.0 Å². The molecule has 0 saturated carbocycles. The molecule has 1 atom stereocenters. The van der Waals surface area contributed by atoms with Crippen LogP contribution in [-0.2, 0) is 4.79 Å². The highest BCUT2D eigenvalue weighted by molar-refractivity contribution is 9.10. The highest BCUT2D eigenvalue weighted by Crippen LogP contribution is 2.17. The molecule has 0 radical (unpaired) electrons. The summed E-state index contributed by atoms with van der Waals surface area (Å²) in [6, 6.07) is 14.7. The molecule has 5 heteroatoms. The van der Waals surface area contributed by atoms with Crippen LogP contribution in [-0.4, -0.2) is 12.5 Å². The number of nitrogens with one attached hydrogen (secondary N) is 1. The Morgan fingerprint density at radius 2 is 1.81 bits per heavy atom. The minimum absolute atomic E-state index is 0.0253. The van der Waals surface area contributed by atoms with Gasteiger partial charge in [0.2, 0.25) is 0 Å². The second kappa shape index (κ2) is 7.48. The van der Waals surface area contributed by atoms with E-state index < -0.39 is 0 Å². The van der Waals surface area contributed by atoms with E-state index in [1.165, 1.54) is 0 Å². The lowest BCUT2D eigenvalue weighted by Gasteiger charge is -2.15. The zero-order valence-electron chi connectivity index (χ0n) is 11.5. The molecule has 0 aliphatic carbocycles. The van der Waals surface area contributed by atoms with Crippen molar-refractivity contribution in [3.05, 3.63) is 63.6 Å². The Morgan fingerprint density at radius 1 is 1.19 bits per heavy atom. The van der Waals surface area contributed by atoms with Crippen LogP contribution >= 0.6 is 27.5 Å². The third kappa shape index (κ3) is 5.06. The Balaban J connectivity index is 1.83. The first kappa shape index (κ1) is 15.9. The molecule has 1 N–H and O–H groups in total. The average Bonchev–Trinajstić information content (AvgIpc) is 2.47. The zero-order chi connectivity index (χ0) is 15.2. The molecule has 0 unspecified atom stereocenters. The summed E-state index contributed by atoms with van der Waals surface area (Å²) < 4.78 is 6.41. The van der Waals surface area contributed by atoms with Crippen molar-refractivity contribution in [2.24, 2.45) is 0 Å². The summed E-state index contributed by atoms with van der Waals surface area (Å²) in [5.41, 5.74) is 1.04. The van der Waals surface area contributed by atoms with Gasteiger partial charge in [-0.05, 0) is 48.9 Å². The summed E-state index contributed by atoms with van der Waals surface area (Å²) >= 11 is 9.17. The van der Waals surface area contributed by atoms with Crippen molar-refractivity contribution in [1.29, 1.82) is 0 Å². The second-order valence-electron chi connectivity index (χ2n) is 4.58. The minimum atomic E-state index is -0.166. The summed E-state index contributed by atoms with van der Waals surface area (Å²) in [6.07, 6.45) is 0. The first-order chi connectivity index (χ1) is 10.0. The highest BCUT2D eigenvalue weighted by Gasteiger charge is 2.10. The monoisotopic (exact) mass is 367 g/mol. The summed E-state index contributed by atoms with van der Waals surface area (Å²) in [7, 11) is 0. The average molecular weight is 369 g/mol. The van der Waals surface area contributed by atoms with Crippen LogP contribution in [0.2, 0.25) is 5.02 Å². The van der Waals surface area contributed by atoms with Crippen LogP contribution in [0.3, 0.4) is 0 Å². The first-order valence-corrected chi connectivity index (χ1v) is 7.65. The third-order valence-electron chi connectivity index (χ3n) is 2.93. The standard InChI is InChI=1S/C16H15BrClNO2/c1-11(12-2-4-13(17)5-3-12)19-16(20)10-21-15-8-6-14(18)7-9-15/h2-9,11H,10H2,1H3,(H,19,20)/t11-/m1/s1. The number of hydrogen-bond acceptors (Lipinski definition) is 2. The molecule has 2 rings (SSSR count). The fourth-order valence-electron chi connectivity index (χ4n) is 1.80. The Kier molecular flexibility index (Phi) is 5.65. The van der Waals surface area contributed by atoms with Crippen molar-refractivity contribution >= 4 is 33.4 Å². The van der Waals surface area contributed by atoms with Crippen LogP contribution in [0.25, 0.3) is 0 Å². The van der Waals surface area contributed by atoms with Gasteiger partial charge in [0.25, 0.3) is 5.91 Å². The smallest absolute Gasteiger partial charge is 0.258 e. The van der Waals surface area contributed by atoms with Crippen LogP contribution in [0.5, 0.6) is 5.75 Å². The molecule has 0 heterocycles. The van der Waals surface area contributed by atoms with Crippen molar-refractivity contribution in [1.82, 2.24) is 5.32 Å². The lowest BCUT2D eigenvalue weighted by Crippen LogP contribution is -2.31. The minimum Gasteiger partial charge on any atom is -0.484 e. The Labute approximate surface area is 137 Å². The highest BCUT2D eigenvalue weighted by atomic mass is 79.9. The molecular weight excluding hydrogens is 354 g/mol. The van der Waals surface area contributed by atoms with E-state index in [0.717, 1.165) is 10.0 Å². The predicted molar refractivity (Wildman–Crippen MR) is 87.6 cm³/mol. The van der Waals surface area contributed by atoms with Crippen LogP contribution in [0, 0.1) is 0 Å². The lowest BCUT2D eigenvalue weighted by atomic mass is 10.1. The molecule has 0 saturated heterocycles. The first-order valence-electron chi connectivity index (χ1n) is 6.48. The maximum atomic E-state index is 11.9. The number of rotatable bonds is 5. The van der Waals surface area contributed by atoms with E-state index >= 15 is 0 Å². The molecule has 1 amide bonds. The van der Waals surface area contributed by atoms with Crippen LogP contribution < -0.4 is 10.1 Å². The fourth-order valence-corrected chi connectivity index (χ4v) is 2.19. The molecule has 2 aromatic carbocycles. The molecule has 0 bridgehead atoms. The number of amides is 1. The maximum Gasteiger partial charge on any atom is 0.258 e. The molecular formula is C16H15BrClNO2. The van der Waals surface area contributed by atoms with E-state index in [4.69, 9.17) is 16.3 Å². The number of ether oxygens (including phenoxy) is 1. The van der Waals surface area contributed by atoms with E-state index in [-0.39, 0.29) is 18.6 Å². The predicted octanol–water partition coefficient (Wildman–Crippen LogP) is 4.36. The molecule has 0 spiro atoms. The third-order valence-corrected chi connectivity index (χ3v) is 3.71. The molecule has 0 aliphatic rings. The van der Waals surface area contributed by atoms with Gasteiger partial charge in [0.05, 0.1) is 6.04 Å². The van der Waals surface area contributed by atoms with Gasteiger partial charge in [-0.3, -0.25) is 4.79 Å². The number of hydrogen-bond donors (Lipinski definition) is 1. The second-order valence-corrected chi connectivity index (χ2v) is 5.94. The summed E-state index contributed by atoms with van der Waals surface area (Å²) in [4.78, 5) is 11.9. The summed E-state index contributed by atoms with van der Waals surface area (Å²) in [6.45, 7) is 1.91. The molecule has 3 nitrogen and oxygen atoms in total. The maximum absolute atomic E-state index is 11.9. The van der Waals surface area contributed by atoms with Gasteiger partial charge in [-0.25, -0.2) is 0 Å². The van der Waals surface area contributed by atoms with Gasteiger partial charge in [-0.15, -0.1) is 0 Å². The van der Waals surface area contributed by atoms with Gasteiger partial charge < -0.3 is 10.1 Å². The van der Waals surface area contributed by atoms with Crippen LogP contribution in [0.4, 0.5) is 0 Å². The molecule has 21 heavy (non-hydrogen) atoms. The largest absolute Gasteiger partial charge is 0.484 e. The SMILES string of the molecule is C[C@@H](NC(=O)COc1ccc(Cl)cc1)c1ccc(Br)cc1. The van der Waals surface area contributed by atoms with Gasteiger partial charge in [-0.1, -0.05) is 39.7 Å². The fraction of sp³-hybridized carbons (Fsp3) is 0.188. The normalized spacial score (nSPS) is 11.8. The summed E-state index contributed by atoms with van der Waals surface area (Å²) in [5, 5.41) is 3.53. The lowest BCUT2D eigenvalue weighted by molar-refractivity contribution is -0.123. The number of halogens is 2. The van der Waals surface area contributed by atoms with E-state index in [9.17, 15) is 4.79 Å². The topological polar surface area (TPSA) is 38.3 Å². The zero-order valence-corrected chi connectivity index (χ0v) is 13.8. The number of benzene rings is 2. The molecule has 0 fully saturated rings. The quantitative estimate of drug-likeness (QED) is 0.851. The van der Waals surface area contributed by atoms with Crippen molar-refractivity contribution in [3.8, 4) is 5.75 Å². The molecule has 0 aliphatic heterocycles. The van der Waals surface area contributed by atoms with E-state index in [0.29, 0.717) is 10.8 Å². The van der Waals surface area contributed by atoms with Crippen LogP contribution in [0.1, 0.15) is 18.5 Å². The van der Waals surface area contributed by atoms with E-state index in [2.05, 4.69) is 21.2 Å². The van der Waals surface area contributed by atoms with Crippen molar-refractivity contribution in [2.45, 2.75) is 13.0 Å². The van der Waals surface area contributed by atoms with Crippen molar-refractivity contribution in [2.75, 3.05) is 6.61 Å². The van der Waals surface area contributed by atoms with Gasteiger partial charge >= 0.3 is 0 Å². The Morgan fingerprint density at radius 3 is 2.43 bits per heavy atom. The van der Waals surface area contributed by atoms with Crippen molar-refractivity contribution < 1.29 is 9.53 Å². The molecule has 0 aromatic heterocycles.